The van der Waals surface area contributed by atoms with E-state index in [1.807, 2.05) is 12.1 Å². The van der Waals surface area contributed by atoms with Crippen LogP contribution in [-0.2, 0) is 23.1 Å². The van der Waals surface area contributed by atoms with Gasteiger partial charge in [0.15, 0.2) is 0 Å². The number of rotatable bonds is 6. The molecule has 1 amide bonds. The number of carbonyl (C=O) groups excluding carboxylic acids is 1. The van der Waals surface area contributed by atoms with Crippen molar-refractivity contribution in [3.63, 3.8) is 0 Å². The summed E-state index contributed by atoms with van der Waals surface area (Å²) in [5.41, 5.74) is 8.93. The van der Waals surface area contributed by atoms with Gasteiger partial charge in [-0.25, -0.2) is 4.39 Å². The molecular weight excluding hydrogens is 381 g/mol. The number of phenols is 1. The third kappa shape index (κ3) is 3.82. The van der Waals surface area contributed by atoms with E-state index < -0.39 is 0 Å². The lowest BCUT2D eigenvalue weighted by Crippen LogP contribution is -2.68. The smallest absolute Gasteiger partial charge is 0.231 e. The molecule has 2 aliphatic rings. The number of phenolic OH excluding ortho intramolecular Hbond substituents is 1. The molecule has 6 heteroatoms. The van der Waals surface area contributed by atoms with Crippen molar-refractivity contribution in [1.82, 2.24) is 9.80 Å². The monoisotopic (exact) mass is 411 g/mol. The number of amides is 1. The summed E-state index contributed by atoms with van der Waals surface area (Å²) in [6, 6.07) is 12.6. The zero-order valence-electron chi connectivity index (χ0n) is 17.6. The van der Waals surface area contributed by atoms with Crippen molar-refractivity contribution in [1.29, 1.82) is 0 Å². The summed E-state index contributed by atoms with van der Waals surface area (Å²) in [6.07, 6.45) is 2.52. The van der Waals surface area contributed by atoms with Crippen molar-refractivity contribution >= 4 is 5.91 Å². The zero-order valence-corrected chi connectivity index (χ0v) is 17.6. The van der Waals surface area contributed by atoms with Crippen molar-refractivity contribution in [3.8, 4) is 5.75 Å². The third-order valence-corrected chi connectivity index (χ3v) is 7.06. The predicted octanol–water partition coefficient (Wildman–Crippen LogP) is 2.45. The van der Waals surface area contributed by atoms with E-state index in [0.29, 0.717) is 13.0 Å². The minimum absolute atomic E-state index is 0.0958. The van der Waals surface area contributed by atoms with Gasteiger partial charge in [-0.2, -0.15) is 0 Å². The van der Waals surface area contributed by atoms with Gasteiger partial charge in [-0.15, -0.1) is 0 Å². The Bertz CT molecular complexity index is 933. The second-order valence-electron chi connectivity index (χ2n) is 9.02. The molecule has 2 aromatic rings. The highest BCUT2D eigenvalue weighted by molar-refractivity contribution is 5.76. The maximum Gasteiger partial charge on any atom is 0.231 e. The lowest BCUT2D eigenvalue weighted by Gasteiger charge is -2.58. The van der Waals surface area contributed by atoms with Gasteiger partial charge in [0.1, 0.15) is 11.6 Å². The first-order chi connectivity index (χ1) is 14.3. The molecule has 2 aromatic carbocycles. The quantitative estimate of drug-likeness (QED) is 0.766. The van der Waals surface area contributed by atoms with Crippen molar-refractivity contribution in [2.24, 2.45) is 5.73 Å². The fourth-order valence-corrected chi connectivity index (χ4v) is 5.54. The Morgan fingerprint density at radius 1 is 1.30 bits per heavy atom. The van der Waals surface area contributed by atoms with Crippen LogP contribution in [0.15, 0.2) is 42.5 Å². The maximum atomic E-state index is 13.3. The Balaban J connectivity index is 1.69. The van der Waals surface area contributed by atoms with Crippen molar-refractivity contribution in [2.75, 3.05) is 26.7 Å². The van der Waals surface area contributed by atoms with Gasteiger partial charge in [0, 0.05) is 24.0 Å². The summed E-state index contributed by atoms with van der Waals surface area (Å²) in [5.74, 6) is -0.320. The molecule has 1 aliphatic carbocycles. The summed E-state index contributed by atoms with van der Waals surface area (Å²) in [6.45, 7) is 4.06. The Kier molecular flexibility index (Phi) is 5.55. The van der Waals surface area contributed by atoms with Crippen LogP contribution in [-0.4, -0.2) is 59.6 Å². The number of primary amides is 1. The number of nitrogens with zero attached hydrogens (tertiary/aromatic N) is 2. The van der Waals surface area contributed by atoms with Crippen molar-refractivity contribution in [2.45, 2.75) is 43.7 Å². The van der Waals surface area contributed by atoms with Crippen LogP contribution in [0.2, 0.25) is 0 Å². The van der Waals surface area contributed by atoms with Crippen LogP contribution in [0.3, 0.4) is 0 Å². The molecule has 5 nitrogen and oxygen atoms in total. The Labute approximate surface area is 177 Å². The van der Waals surface area contributed by atoms with Crippen LogP contribution in [0.4, 0.5) is 4.39 Å². The van der Waals surface area contributed by atoms with Crippen LogP contribution in [0.5, 0.6) is 5.75 Å². The Morgan fingerprint density at radius 2 is 2.03 bits per heavy atom. The van der Waals surface area contributed by atoms with Gasteiger partial charge >= 0.3 is 0 Å². The van der Waals surface area contributed by atoms with Gasteiger partial charge in [0.25, 0.3) is 0 Å². The van der Waals surface area contributed by atoms with E-state index in [9.17, 15) is 14.3 Å². The molecule has 1 aliphatic heterocycles. The molecule has 0 spiro atoms. The molecule has 1 unspecified atom stereocenters. The molecule has 2 bridgehead atoms. The predicted molar refractivity (Wildman–Crippen MR) is 115 cm³/mol. The second-order valence-corrected chi connectivity index (χ2v) is 9.02. The van der Waals surface area contributed by atoms with E-state index in [1.165, 1.54) is 23.3 Å². The number of piperidine rings is 1. The molecule has 1 heterocycles. The molecule has 4 rings (SSSR count). The zero-order chi connectivity index (χ0) is 21.5. The number of benzene rings is 2. The van der Waals surface area contributed by atoms with E-state index in [2.05, 4.69) is 23.8 Å². The third-order valence-electron chi connectivity index (χ3n) is 7.06. The lowest BCUT2D eigenvalue weighted by atomic mass is 9.61. The van der Waals surface area contributed by atoms with Gasteiger partial charge in [0.05, 0.1) is 6.54 Å². The van der Waals surface area contributed by atoms with Crippen LogP contribution in [0.1, 0.15) is 30.0 Å². The van der Waals surface area contributed by atoms with Gasteiger partial charge < -0.3 is 15.7 Å². The molecule has 3 atom stereocenters. The number of fused-ring (bicyclic) bond motifs is 4. The number of carbonyl (C=O) groups is 1. The van der Waals surface area contributed by atoms with Crippen LogP contribution < -0.4 is 5.73 Å². The molecule has 1 fully saturated rings. The first-order valence-electron chi connectivity index (χ1n) is 10.6. The molecule has 0 radical (unpaired) electrons. The van der Waals surface area contributed by atoms with E-state index in [0.717, 1.165) is 24.9 Å². The highest BCUT2D eigenvalue weighted by atomic mass is 19.1. The van der Waals surface area contributed by atoms with E-state index in [4.69, 9.17) is 5.73 Å². The van der Waals surface area contributed by atoms with Gasteiger partial charge in [-0.1, -0.05) is 25.1 Å². The SMILES string of the molecule is CN1CCC2(C)c3cc(O)ccc3C[C@@H]1[C@@H]2N(CCc1ccc(F)cc1)CC(N)=O. The van der Waals surface area contributed by atoms with Gasteiger partial charge in [-0.05, 0) is 73.8 Å². The number of nitrogens with two attached hydrogens (primary N) is 1. The first kappa shape index (κ1) is 20.8. The number of likely N-dealkylation sites (tertiary alicyclic amines) is 1. The lowest BCUT2D eigenvalue weighted by molar-refractivity contribution is -0.121. The normalized spacial score (nSPS) is 25.9. The molecule has 0 aromatic heterocycles. The van der Waals surface area contributed by atoms with Crippen molar-refractivity contribution < 1.29 is 14.3 Å². The standard InChI is InChI=1S/C24H30FN3O2/c1-24-10-12-27(2)21(13-17-5-8-19(29)14-20(17)24)23(24)28(15-22(26)30)11-9-16-3-6-18(25)7-4-16/h3-8,14,21,23,29H,9-13,15H2,1-2H3,(H2,26,30)/t21-,23+,24?/m1/s1. The molecule has 1 saturated heterocycles. The number of hydrogen-bond donors (Lipinski definition) is 2. The summed E-state index contributed by atoms with van der Waals surface area (Å²) >= 11 is 0. The fourth-order valence-electron chi connectivity index (χ4n) is 5.54. The summed E-state index contributed by atoms with van der Waals surface area (Å²) in [7, 11) is 2.14. The molecule has 3 N–H and O–H groups in total. The topological polar surface area (TPSA) is 69.8 Å². The molecule has 160 valence electrons. The fraction of sp³-hybridized carbons (Fsp3) is 0.458. The van der Waals surface area contributed by atoms with Crippen molar-refractivity contribution in [3.05, 3.63) is 65.0 Å². The number of halogens is 1. The minimum atomic E-state index is -0.347. The minimum Gasteiger partial charge on any atom is -0.508 e. The first-order valence-corrected chi connectivity index (χ1v) is 10.6. The molecule has 0 saturated carbocycles. The van der Waals surface area contributed by atoms with Crippen LogP contribution in [0.25, 0.3) is 0 Å². The average molecular weight is 412 g/mol. The largest absolute Gasteiger partial charge is 0.508 e. The highest BCUT2D eigenvalue weighted by Crippen LogP contribution is 2.47. The molecule has 30 heavy (non-hydrogen) atoms. The maximum absolute atomic E-state index is 13.3. The highest BCUT2D eigenvalue weighted by Gasteiger charge is 2.52. The van der Waals surface area contributed by atoms with E-state index >= 15 is 0 Å². The summed E-state index contributed by atoms with van der Waals surface area (Å²) in [4.78, 5) is 16.6. The Morgan fingerprint density at radius 3 is 2.73 bits per heavy atom. The van der Waals surface area contributed by atoms with Crippen LogP contribution in [0, 0.1) is 5.82 Å². The molecular formula is C24H30FN3O2. The van der Waals surface area contributed by atoms with E-state index in [1.54, 1.807) is 18.2 Å². The number of likely N-dealkylation sites (N-methyl/N-ethyl adjacent to an activating group) is 1. The van der Waals surface area contributed by atoms with Gasteiger partial charge in [0.2, 0.25) is 5.91 Å². The summed E-state index contributed by atoms with van der Waals surface area (Å²) < 4.78 is 13.3. The second kappa shape index (κ2) is 8.00. The Hall–Kier alpha value is -2.44. The van der Waals surface area contributed by atoms with E-state index in [-0.39, 0.29) is 41.5 Å². The number of aromatic hydroxyl groups is 1. The summed E-state index contributed by atoms with van der Waals surface area (Å²) in [5, 5.41) is 10.2. The van der Waals surface area contributed by atoms with Gasteiger partial charge in [-0.3, -0.25) is 9.69 Å². The average Bonchev–Trinajstić information content (AvgIpc) is 2.70. The van der Waals surface area contributed by atoms with Crippen LogP contribution >= 0.6 is 0 Å². The number of hydrogen-bond acceptors (Lipinski definition) is 4.